The summed E-state index contributed by atoms with van der Waals surface area (Å²) >= 11 is 0. The van der Waals surface area contributed by atoms with Gasteiger partial charge in [-0.3, -0.25) is 13.9 Å². The van der Waals surface area contributed by atoms with Crippen molar-refractivity contribution < 1.29 is 46.5 Å². The number of alkyl halides is 2. The molecule has 3 fully saturated rings. The minimum atomic E-state index is -4.78. The fourth-order valence-corrected chi connectivity index (χ4v) is 7.56. The Bertz CT molecular complexity index is 1720. The molecule has 1 aromatic carbocycles. The van der Waals surface area contributed by atoms with Gasteiger partial charge in [-0.2, -0.15) is 15.1 Å². The van der Waals surface area contributed by atoms with Gasteiger partial charge in [0.1, 0.15) is 17.9 Å². The number of nitrogens with two attached hydrogens (primary N) is 1. The Morgan fingerprint density at radius 1 is 1.28 bits per heavy atom. The number of ether oxygens (including phenoxy) is 3. The van der Waals surface area contributed by atoms with Crippen molar-refractivity contribution in [1.82, 2.24) is 24.6 Å². The minimum absolute atomic E-state index is 0.00593. The van der Waals surface area contributed by atoms with Gasteiger partial charge in [0.25, 0.3) is 11.5 Å². The highest BCUT2D eigenvalue weighted by Crippen LogP contribution is 2.73. The van der Waals surface area contributed by atoms with Gasteiger partial charge in [-0.25, -0.2) is 18.3 Å². The highest BCUT2D eigenvalue weighted by Gasteiger charge is 2.98. The van der Waals surface area contributed by atoms with E-state index in [4.69, 9.17) is 35.4 Å². The SMILES string of the molecule is C#C[C@]1(F)[C@H](n2cnc3c(OCC)nc(N)nc32)O[C@]2(F)C(O[P@@](=O)(NC(C)C(=O)OC3CCCCC3)Oc3ccccc3)[C@@]21O. The lowest BCUT2D eigenvalue weighted by atomic mass is 9.96. The number of para-hydroxylation sites is 1. The summed E-state index contributed by atoms with van der Waals surface area (Å²) in [6.45, 7) is 3.24. The first-order valence-corrected chi connectivity index (χ1v) is 16.3. The fraction of sp³-hybridized carbons (Fsp3) is 0.517. The number of esters is 1. The summed E-state index contributed by atoms with van der Waals surface area (Å²) in [5.74, 6) is -2.58. The van der Waals surface area contributed by atoms with Gasteiger partial charge >= 0.3 is 13.7 Å². The number of rotatable bonds is 11. The number of aliphatic hydroxyl groups is 1. The van der Waals surface area contributed by atoms with Crippen molar-refractivity contribution in [3.8, 4) is 24.0 Å². The summed E-state index contributed by atoms with van der Waals surface area (Å²) in [7, 11) is -4.78. The average Bonchev–Trinajstić information content (AvgIpc) is 3.27. The number of fused-ring (bicyclic) bond motifs is 2. The van der Waals surface area contributed by atoms with Gasteiger partial charge in [0.15, 0.2) is 23.5 Å². The van der Waals surface area contributed by atoms with Crippen LogP contribution in [0.5, 0.6) is 11.6 Å². The third kappa shape index (κ3) is 5.16. The molecule has 7 atom stereocenters. The lowest BCUT2D eigenvalue weighted by Crippen LogP contribution is -2.47. The molecule has 2 aromatic heterocycles. The second-order valence-corrected chi connectivity index (χ2v) is 13.0. The second-order valence-electron chi connectivity index (χ2n) is 11.3. The van der Waals surface area contributed by atoms with Crippen molar-refractivity contribution >= 4 is 30.8 Å². The highest BCUT2D eigenvalue weighted by atomic mass is 31.2. The summed E-state index contributed by atoms with van der Waals surface area (Å²) in [6, 6.07) is 6.37. The van der Waals surface area contributed by atoms with Crippen molar-refractivity contribution in [1.29, 1.82) is 0 Å². The molecule has 46 heavy (non-hydrogen) atoms. The van der Waals surface area contributed by atoms with Gasteiger partial charge < -0.3 is 29.6 Å². The minimum Gasteiger partial charge on any atom is -0.476 e. The molecule has 14 nitrogen and oxygen atoms in total. The highest BCUT2D eigenvalue weighted by molar-refractivity contribution is 7.52. The number of benzene rings is 1. The van der Waals surface area contributed by atoms with E-state index in [1.165, 1.54) is 19.1 Å². The number of hydrogen-bond donors (Lipinski definition) is 3. The molecule has 2 saturated carbocycles. The normalized spacial score (nSPS) is 31.0. The first kappa shape index (κ1) is 32.1. The first-order chi connectivity index (χ1) is 21.9. The number of terminal acetylenes is 1. The van der Waals surface area contributed by atoms with E-state index < -0.39 is 49.2 Å². The first-order valence-electron chi connectivity index (χ1n) is 14.8. The largest absolute Gasteiger partial charge is 0.476 e. The van der Waals surface area contributed by atoms with Crippen molar-refractivity contribution in [2.24, 2.45) is 0 Å². The van der Waals surface area contributed by atoms with E-state index >= 15 is 8.78 Å². The predicted octanol–water partition coefficient (Wildman–Crippen LogP) is 3.51. The molecule has 2 unspecified atom stereocenters. The quantitative estimate of drug-likeness (QED) is 0.154. The number of hydrogen-bond acceptors (Lipinski definition) is 12. The van der Waals surface area contributed by atoms with E-state index in [0.717, 1.165) is 30.2 Å². The van der Waals surface area contributed by atoms with Crippen LogP contribution in [0.2, 0.25) is 0 Å². The van der Waals surface area contributed by atoms with E-state index in [1.807, 2.05) is 0 Å². The molecule has 3 heterocycles. The molecule has 0 spiro atoms. The monoisotopic (exact) mass is 662 g/mol. The van der Waals surface area contributed by atoms with Crippen LogP contribution < -0.4 is 20.1 Å². The molecular weight excluding hydrogens is 629 g/mol. The molecule has 1 saturated heterocycles. The van der Waals surface area contributed by atoms with Crippen LogP contribution in [0.25, 0.3) is 11.2 Å². The number of nitrogens with zero attached hydrogens (tertiary/aromatic N) is 4. The Morgan fingerprint density at radius 2 is 2.00 bits per heavy atom. The third-order valence-electron chi connectivity index (χ3n) is 8.23. The molecule has 6 rings (SSSR count). The van der Waals surface area contributed by atoms with Crippen molar-refractivity contribution in [2.45, 2.75) is 87.6 Å². The molecular formula is C29H33F2N6O8P. The molecule has 246 valence electrons. The standard InChI is InChI=1S/C29H33F2N6O8P/c1-4-27(30)25(37-16-33-20-21(37)34-26(32)35-22(20)41-5-2)43-29(31)24(28(27,29)39)45-46(40,44-19-14-10-7-11-15-19)36-17(3)23(38)42-18-12-8-6-9-13-18/h1,7,10-11,14-18,24-25,39H,5-6,8-9,12-13H2,2-3H3,(H,36,40)(H2,32,34,35)/t17?,24?,25-,27+,28+,29-,46-/m1/s1. The number of aromatic nitrogens is 4. The lowest BCUT2D eigenvalue weighted by molar-refractivity contribution is -0.152. The van der Waals surface area contributed by atoms with Crippen LogP contribution in [0, 0.1) is 12.3 Å². The summed E-state index contributed by atoms with van der Waals surface area (Å²) in [5.41, 5.74) is -0.810. The molecule has 3 aromatic rings. The Morgan fingerprint density at radius 3 is 2.67 bits per heavy atom. The molecule has 2 aliphatic carbocycles. The van der Waals surface area contributed by atoms with E-state index in [9.17, 15) is 14.5 Å². The van der Waals surface area contributed by atoms with Crippen LogP contribution in [0.15, 0.2) is 36.7 Å². The Labute approximate surface area is 262 Å². The maximum atomic E-state index is 16.8. The van der Waals surface area contributed by atoms with E-state index in [1.54, 1.807) is 31.0 Å². The maximum absolute atomic E-state index is 16.8. The zero-order chi connectivity index (χ0) is 32.9. The third-order valence-corrected chi connectivity index (χ3v) is 9.88. The zero-order valence-electron chi connectivity index (χ0n) is 25.0. The van der Waals surface area contributed by atoms with Gasteiger partial charge in [0.2, 0.25) is 17.4 Å². The Balaban J connectivity index is 1.28. The predicted molar refractivity (Wildman–Crippen MR) is 158 cm³/mol. The number of anilines is 1. The Hall–Kier alpha value is -3.87. The van der Waals surface area contributed by atoms with Gasteiger partial charge in [-0.1, -0.05) is 30.5 Å². The van der Waals surface area contributed by atoms with Crippen molar-refractivity contribution in [2.75, 3.05) is 12.3 Å². The summed E-state index contributed by atoms with van der Waals surface area (Å²) in [4.78, 5) is 25.0. The smallest absolute Gasteiger partial charge is 0.460 e. The zero-order valence-corrected chi connectivity index (χ0v) is 25.9. The van der Waals surface area contributed by atoms with Crippen molar-refractivity contribution in [3.05, 3.63) is 36.7 Å². The molecule has 3 aliphatic rings. The molecule has 0 radical (unpaired) electrons. The maximum Gasteiger partial charge on any atom is 0.460 e. The van der Waals surface area contributed by atoms with Crippen LogP contribution in [0.1, 0.15) is 52.2 Å². The van der Waals surface area contributed by atoms with Crippen LogP contribution >= 0.6 is 7.75 Å². The average molecular weight is 663 g/mol. The summed E-state index contributed by atoms with van der Waals surface area (Å²) in [6.07, 6.45) is 6.22. The number of imidazole rings is 1. The topological polar surface area (TPSA) is 182 Å². The Kier molecular flexibility index (Phi) is 8.19. The van der Waals surface area contributed by atoms with Gasteiger partial charge in [0, 0.05) is 0 Å². The molecule has 17 heteroatoms. The van der Waals surface area contributed by atoms with E-state index in [2.05, 4.69) is 20.0 Å². The lowest BCUT2D eigenvalue weighted by Gasteiger charge is -2.30. The molecule has 0 bridgehead atoms. The van der Waals surface area contributed by atoms with Gasteiger partial charge in [0.05, 0.1) is 12.9 Å². The number of halogens is 2. The van der Waals surface area contributed by atoms with Crippen molar-refractivity contribution in [3.63, 3.8) is 0 Å². The van der Waals surface area contributed by atoms with Crippen LogP contribution in [-0.2, 0) is 23.4 Å². The number of carbonyl (C=O) groups is 1. The fourth-order valence-electron chi connectivity index (χ4n) is 5.86. The molecule has 4 N–H and O–H groups in total. The number of nitrogens with one attached hydrogen (secondary N) is 1. The number of nitrogen functional groups attached to an aromatic ring is 1. The van der Waals surface area contributed by atoms with Gasteiger partial charge in [-0.15, -0.1) is 6.42 Å². The van der Waals surface area contributed by atoms with Crippen LogP contribution in [-0.4, -0.2) is 72.6 Å². The van der Waals surface area contributed by atoms with Crippen LogP contribution in [0.3, 0.4) is 0 Å². The second kappa shape index (κ2) is 11.7. The van der Waals surface area contributed by atoms with Crippen LogP contribution in [0.4, 0.5) is 14.7 Å². The van der Waals surface area contributed by atoms with E-state index in [-0.39, 0.29) is 41.5 Å². The molecule has 1 aliphatic heterocycles. The van der Waals surface area contributed by atoms with Gasteiger partial charge in [-0.05, 0) is 51.7 Å². The summed E-state index contributed by atoms with van der Waals surface area (Å²) in [5, 5.41) is 13.9. The summed E-state index contributed by atoms with van der Waals surface area (Å²) < 4.78 is 75.8. The molecule has 0 amide bonds. The van der Waals surface area contributed by atoms with E-state index in [0.29, 0.717) is 12.8 Å². The number of carbonyl (C=O) groups excluding carboxylic acids is 1.